The Morgan fingerprint density at radius 2 is 1.29 bits per heavy atom. The lowest BCUT2D eigenvalue weighted by Gasteiger charge is -2.35. The molecule has 0 aliphatic rings. The smallest absolute Gasteiger partial charge is 0.427 e. The Kier molecular flexibility index (Phi) is 9.44. The molecule has 0 aliphatic heterocycles. The molecule has 2 aromatic carbocycles. The van der Waals surface area contributed by atoms with Crippen LogP contribution in [0.3, 0.4) is 0 Å². The first-order chi connectivity index (χ1) is 16.4. The van der Waals surface area contributed by atoms with E-state index in [9.17, 15) is 31.9 Å². The van der Waals surface area contributed by atoms with Crippen molar-refractivity contribution in [1.82, 2.24) is 10.2 Å². The van der Waals surface area contributed by atoms with Crippen LogP contribution in [0.1, 0.15) is 13.8 Å². The van der Waals surface area contributed by atoms with Crippen molar-refractivity contribution in [2.45, 2.75) is 25.6 Å². The molecule has 2 aromatic rings. The first-order valence-corrected chi connectivity index (χ1v) is 13.5. The van der Waals surface area contributed by atoms with E-state index < -0.39 is 38.6 Å². The van der Waals surface area contributed by atoms with Crippen molar-refractivity contribution in [3.05, 3.63) is 60.7 Å². The quantitative estimate of drug-likeness (QED) is 0.255. The van der Waals surface area contributed by atoms with Crippen LogP contribution in [0.4, 0.5) is 13.2 Å². The summed E-state index contributed by atoms with van der Waals surface area (Å²) in [6, 6.07) is 14.5. The van der Waals surface area contributed by atoms with Gasteiger partial charge in [-0.3, -0.25) is 23.5 Å². The number of carbonyl (C=O) groups is 2. The molecular formula is C21H25F3N2O7P2. The van der Waals surface area contributed by atoms with E-state index in [1.165, 1.54) is 67.5 Å². The molecular weight excluding hydrogens is 511 g/mol. The molecule has 0 spiro atoms. The van der Waals surface area contributed by atoms with E-state index in [1.807, 2.05) is 5.09 Å². The molecule has 192 valence electrons. The monoisotopic (exact) mass is 536 g/mol. The Labute approximate surface area is 200 Å². The highest BCUT2D eigenvalue weighted by Gasteiger charge is 2.70. The van der Waals surface area contributed by atoms with Gasteiger partial charge in [-0.1, -0.05) is 36.4 Å². The highest BCUT2D eigenvalue weighted by molar-refractivity contribution is 7.77. The molecule has 0 saturated heterocycles. The van der Waals surface area contributed by atoms with Gasteiger partial charge >= 0.3 is 25.4 Å². The third-order valence-corrected chi connectivity index (χ3v) is 9.03. The Balaban J connectivity index is 2.74. The summed E-state index contributed by atoms with van der Waals surface area (Å²) in [7, 11) is -8.59. The molecule has 9 nitrogen and oxygen atoms in total. The zero-order valence-electron chi connectivity index (χ0n) is 19.1. The molecule has 0 aliphatic carbocycles. The second-order valence-corrected chi connectivity index (χ2v) is 11.1. The van der Waals surface area contributed by atoms with Gasteiger partial charge in [0.25, 0.3) is 5.91 Å². The molecule has 35 heavy (non-hydrogen) atoms. The van der Waals surface area contributed by atoms with Crippen LogP contribution in [0.25, 0.3) is 0 Å². The van der Waals surface area contributed by atoms with Crippen LogP contribution in [0, 0.1) is 0 Å². The predicted molar refractivity (Wildman–Crippen MR) is 123 cm³/mol. The normalized spacial score (nSPS) is 14.1. The van der Waals surface area contributed by atoms with Crippen LogP contribution in [0.2, 0.25) is 0 Å². The summed E-state index contributed by atoms with van der Waals surface area (Å²) in [5.41, 5.74) is -4.29. The number of halogens is 3. The van der Waals surface area contributed by atoms with Crippen LogP contribution >= 0.6 is 15.0 Å². The van der Waals surface area contributed by atoms with Crippen LogP contribution in [0.15, 0.2) is 60.7 Å². The molecule has 14 heteroatoms. The number of alkyl halides is 3. The number of hydrogen-bond acceptors (Lipinski definition) is 7. The largest absolute Gasteiger partial charge is 0.467 e. The number of ether oxygens (including phenoxy) is 1. The third kappa shape index (κ3) is 6.02. The third-order valence-electron chi connectivity index (χ3n) is 4.66. The average Bonchev–Trinajstić information content (AvgIpc) is 2.82. The van der Waals surface area contributed by atoms with Crippen molar-refractivity contribution in [3.8, 4) is 0 Å². The van der Waals surface area contributed by atoms with Gasteiger partial charge in [0, 0.05) is 10.6 Å². The summed E-state index contributed by atoms with van der Waals surface area (Å²) in [6.45, 7) is 1.88. The van der Waals surface area contributed by atoms with E-state index in [0.29, 0.717) is 7.11 Å². The topological polar surface area (TPSA) is 120 Å². The van der Waals surface area contributed by atoms with Gasteiger partial charge in [0.05, 0.1) is 20.3 Å². The predicted octanol–water partition coefficient (Wildman–Crippen LogP) is 3.28. The van der Waals surface area contributed by atoms with Gasteiger partial charge in [-0.25, -0.2) is 9.36 Å². The van der Waals surface area contributed by atoms with Crippen LogP contribution in [-0.4, -0.2) is 43.9 Å². The van der Waals surface area contributed by atoms with Gasteiger partial charge in [0.1, 0.15) is 0 Å². The van der Waals surface area contributed by atoms with E-state index in [2.05, 4.69) is 4.74 Å². The molecule has 1 unspecified atom stereocenters. The molecule has 0 aromatic heterocycles. The highest BCUT2D eigenvalue weighted by atomic mass is 31.2. The van der Waals surface area contributed by atoms with E-state index in [-0.39, 0.29) is 23.8 Å². The van der Waals surface area contributed by atoms with Gasteiger partial charge in [0.15, 0.2) is 0 Å². The summed E-state index contributed by atoms with van der Waals surface area (Å²) in [6.07, 6.45) is -5.73. The Bertz CT molecular complexity index is 1060. The van der Waals surface area contributed by atoms with E-state index in [0.717, 1.165) is 0 Å². The minimum atomic E-state index is -5.73. The maximum absolute atomic E-state index is 14.5. The fourth-order valence-electron chi connectivity index (χ4n) is 3.08. The molecule has 0 bridgehead atoms. The van der Waals surface area contributed by atoms with Crippen molar-refractivity contribution < 1.29 is 45.7 Å². The number of esters is 1. The molecule has 2 rings (SSSR count). The van der Waals surface area contributed by atoms with Gasteiger partial charge in [-0.05, 0) is 38.1 Å². The van der Waals surface area contributed by atoms with Gasteiger partial charge in [0.2, 0.25) is 7.29 Å². The molecule has 2 N–H and O–H groups in total. The lowest BCUT2D eigenvalue weighted by molar-refractivity contribution is -0.208. The van der Waals surface area contributed by atoms with Crippen LogP contribution < -0.4 is 20.8 Å². The molecule has 0 heterocycles. The summed E-state index contributed by atoms with van der Waals surface area (Å²) < 4.78 is 84.6. The highest BCUT2D eigenvalue weighted by Crippen LogP contribution is 2.50. The molecule has 0 saturated carbocycles. The van der Waals surface area contributed by atoms with Crippen molar-refractivity contribution in [2.75, 3.05) is 20.3 Å². The first-order valence-electron chi connectivity index (χ1n) is 10.3. The number of amides is 1. The standard InChI is InChI=1S/C21H25F3N2O7P2/c1-4-32-35(30,33-5-2)26-20(19(28)31-3,21(22,23)24)18(27)25-34(29,16-12-8-6-9-13-16)17-14-10-7-11-15-17/h6-15H,4-5H2,1-3H3,(H,26,30)(H,25,27,29). The fourth-order valence-corrected chi connectivity index (χ4v) is 6.89. The number of benzene rings is 2. The number of carbonyl (C=O) groups excluding carboxylic acids is 2. The number of nitrogens with one attached hydrogen (secondary N) is 2. The Morgan fingerprint density at radius 3 is 1.63 bits per heavy atom. The fraction of sp³-hybridized carbons (Fsp3) is 0.333. The number of rotatable bonds is 11. The summed E-state index contributed by atoms with van der Waals surface area (Å²) in [5, 5.41) is 3.31. The lowest BCUT2D eigenvalue weighted by Crippen LogP contribution is -2.70. The van der Waals surface area contributed by atoms with E-state index >= 15 is 0 Å². The van der Waals surface area contributed by atoms with E-state index in [4.69, 9.17) is 9.05 Å². The average molecular weight is 536 g/mol. The number of methoxy groups -OCH3 is 1. The summed E-state index contributed by atoms with van der Waals surface area (Å²) in [4.78, 5) is 25.9. The van der Waals surface area contributed by atoms with Gasteiger partial charge in [-0.2, -0.15) is 18.3 Å². The summed E-state index contributed by atoms with van der Waals surface area (Å²) >= 11 is 0. The lowest BCUT2D eigenvalue weighted by atomic mass is 10.00. The zero-order valence-corrected chi connectivity index (χ0v) is 20.9. The Morgan fingerprint density at radius 1 is 0.857 bits per heavy atom. The molecule has 0 radical (unpaired) electrons. The van der Waals surface area contributed by atoms with E-state index in [1.54, 1.807) is 12.1 Å². The minimum Gasteiger partial charge on any atom is -0.467 e. The SMILES string of the molecule is CCOP(=O)(NC(C(=O)NP(=O)(c1ccccc1)c1ccccc1)(C(=O)OC)C(F)(F)F)OCC. The van der Waals surface area contributed by atoms with Crippen LogP contribution in [-0.2, 0) is 32.5 Å². The van der Waals surface area contributed by atoms with Crippen molar-refractivity contribution in [2.24, 2.45) is 0 Å². The minimum absolute atomic E-state index is 0.0155. The second kappa shape index (κ2) is 11.5. The van der Waals surface area contributed by atoms with Gasteiger partial charge < -0.3 is 4.74 Å². The summed E-state index contributed by atoms with van der Waals surface area (Å²) in [5.74, 6) is -4.28. The number of hydrogen-bond donors (Lipinski definition) is 2. The molecule has 1 amide bonds. The maximum Gasteiger partial charge on any atom is 0.427 e. The first kappa shape index (κ1) is 28.7. The van der Waals surface area contributed by atoms with Crippen LogP contribution in [0.5, 0.6) is 0 Å². The second-order valence-electron chi connectivity index (χ2n) is 6.91. The van der Waals surface area contributed by atoms with Crippen molar-refractivity contribution >= 4 is 37.5 Å². The van der Waals surface area contributed by atoms with Crippen molar-refractivity contribution in [1.29, 1.82) is 0 Å². The maximum atomic E-state index is 14.5. The zero-order chi connectivity index (χ0) is 26.3. The molecule has 1 atom stereocenters. The molecule has 0 fully saturated rings. The Hall–Kier alpha value is -2.49. The van der Waals surface area contributed by atoms with Gasteiger partial charge in [-0.15, -0.1) is 0 Å². The van der Waals surface area contributed by atoms with Crippen molar-refractivity contribution in [3.63, 3.8) is 0 Å².